The molecule has 1 amide bonds. The molecule has 2 heterocycles. The quantitative estimate of drug-likeness (QED) is 0.933. The molecule has 2 aromatic rings. The summed E-state index contributed by atoms with van der Waals surface area (Å²) < 4.78 is 6.94. The minimum Gasteiger partial charge on any atom is -0.450 e. The van der Waals surface area contributed by atoms with Crippen LogP contribution in [0.3, 0.4) is 0 Å². The maximum absolute atomic E-state index is 11.8. The summed E-state index contributed by atoms with van der Waals surface area (Å²) in [7, 11) is 0. The van der Waals surface area contributed by atoms with Gasteiger partial charge in [0.1, 0.15) is 6.54 Å². The van der Waals surface area contributed by atoms with Crippen molar-refractivity contribution in [3.8, 4) is 6.07 Å². The minimum absolute atomic E-state index is 0.227. The van der Waals surface area contributed by atoms with E-state index in [1.165, 1.54) is 0 Å². The van der Waals surface area contributed by atoms with Crippen molar-refractivity contribution in [2.45, 2.75) is 32.4 Å². The standard InChI is InChI=1S/C17H21N5O2/c1-2-24-17(23)21-10-7-13(8-11-21)19-16-20-14-5-3-4-6-15(14)22(16)12-9-18/h3-6,13H,2,7-8,10-12H2,1H3,(H,19,20). The Morgan fingerprint density at radius 3 is 2.88 bits per heavy atom. The van der Waals surface area contributed by atoms with Crippen LogP contribution in [-0.2, 0) is 11.3 Å². The van der Waals surface area contributed by atoms with Crippen LogP contribution in [0, 0.1) is 11.3 Å². The van der Waals surface area contributed by atoms with E-state index in [1.54, 1.807) is 4.90 Å². The van der Waals surface area contributed by atoms with E-state index in [9.17, 15) is 4.79 Å². The van der Waals surface area contributed by atoms with Crippen LogP contribution in [0.4, 0.5) is 10.7 Å². The van der Waals surface area contributed by atoms with Crippen molar-refractivity contribution < 1.29 is 9.53 Å². The molecule has 1 fully saturated rings. The number of nitriles is 1. The van der Waals surface area contributed by atoms with Gasteiger partial charge in [0.05, 0.1) is 23.7 Å². The first kappa shape index (κ1) is 16.1. The number of piperidine rings is 1. The smallest absolute Gasteiger partial charge is 0.409 e. The lowest BCUT2D eigenvalue weighted by molar-refractivity contribution is 0.0983. The number of aromatic nitrogens is 2. The van der Waals surface area contributed by atoms with Gasteiger partial charge in [-0.3, -0.25) is 4.57 Å². The molecule has 1 saturated heterocycles. The van der Waals surface area contributed by atoms with Gasteiger partial charge in [0, 0.05) is 19.1 Å². The number of likely N-dealkylation sites (tertiary alicyclic amines) is 1. The van der Waals surface area contributed by atoms with Crippen molar-refractivity contribution in [1.82, 2.24) is 14.5 Å². The van der Waals surface area contributed by atoms with Gasteiger partial charge in [0.2, 0.25) is 5.95 Å². The van der Waals surface area contributed by atoms with Crippen molar-refractivity contribution in [2.75, 3.05) is 25.0 Å². The molecule has 0 radical (unpaired) electrons. The third-order valence-corrected chi connectivity index (χ3v) is 4.24. The molecule has 3 rings (SSSR count). The number of carbonyl (C=O) groups excluding carboxylic acids is 1. The second-order valence-corrected chi connectivity index (χ2v) is 5.77. The summed E-state index contributed by atoms with van der Waals surface area (Å²) in [5.41, 5.74) is 1.82. The number of fused-ring (bicyclic) bond motifs is 1. The van der Waals surface area contributed by atoms with Crippen molar-refractivity contribution in [2.24, 2.45) is 0 Å². The summed E-state index contributed by atoms with van der Waals surface area (Å²) in [6.07, 6.45) is 1.41. The molecular weight excluding hydrogens is 306 g/mol. The highest BCUT2D eigenvalue weighted by atomic mass is 16.6. The van der Waals surface area contributed by atoms with E-state index in [2.05, 4.69) is 16.4 Å². The van der Waals surface area contributed by atoms with Crippen molar-refractivity contribution >= 4 is 23.1 Å². The van der Waals surface area contributed by atoms with Crippen molar-refractivity contribution in [3.05, 3.63) is 24.3 Å². The molecule has 1 N–H and O–H groups in total. The highest BCUT2D eigenvalue weighted by Gasteiger charge is 2.24. The summed E-state index contributed by atoms with van der Waals surface area (Å²) in [5.74, 6) is 0.715. The first-order valence-corrected chi connectivity index (χ1v) is 8.23. The third kappa shape index (κ3) is 3.27. The van der Waals surface area contributed by atoms with E-state index in [1.807, 2.05) is 35.8 Å². The Balaban J connectivity index is 1.69. The van der Waals surface area contributed by atoms with E-state index in [4.69, 9.17) is 10.00 Å². The molecule has 0 unspecified atom stereocenters. The van der Waals surface area contributed by atoms with Crippen LogP contribution >= 0.6 is 0 Å². The lowest BCUT2D eigenvalue weighted by Crippen LogP contribution is -2.42. The highest BCUT2D eigenvalue weighted by Crippen LogP contribution is 2.22. The second-order valence-electron chi connectivity index (χ2n) is 5.77. The first-order valence-electron chi connectivity index (χ1n) is 8.23. The Hall–Kier alpha value is -2.75. The van der Waals surface area contributed by atoms with E-state index in [-0.39, 0.29) is 18.7 Å². The average Bonchev–Trinajstić information content (AvgIpc) is 2.94. The molecule has 7 heteroatoms. The van der Waals surface area contributed by atoms with Crippen LogP contribution in [0.15, 0.2) is 24.3 Å². The average molecular weight is 327 g/mol. The molecular formula is C17H21N5O2. The number of anilines is 1. The van der Waals surface area contributed by atoms with Crippen LogP contribution in [0.5, 0.6) is 0 Å². The Morgan fingerprint density at radius 2 is 2.17 bits per heavy atom. The molecule has 0 bridgehead atoms. The molecule has 1 aliphatic heterocycles. The number of imidazole rings is 1. The fourth-order valence-corrected chi connectivity index (χ4v) is 3.02. The van der Waals surface area contributed by atoms with Gasteiger partial charge < -0.3 is 15.0 Å². The van der Waals surface area contributed by atoms with Crippen LogP contribution in [-0.4, -0.2) is 46.3 Å². The first-order chi connectivity index (χ1) is 11.7. The van der Waals surface area contributed by atoms with E-state index in [0.717, 1.165) is 23.9 Å². The summed E-state index contributed by atoms with van der Waals surface area (Å²) >= 11 is 0. The van der Waals surface area contributed by atoms with Gasteiger partial charge in [-0.05, 0) is 31.9 Å². The number of nitrogens with zero attached hydrogens (tertiary/aromatic N) is 4. The summed E-state index contributed by atoms with van der Waals surface area (Å²) in [5, 5.41) is 12.5. The topological polar surface area (TPSA) is 83.2 Å². The molecule has 1 aromatic heterocycles. The molecule has 1 aliphatic rings. The third-order valence-electron chi connectivity index (χ3n) is 4.24. The van der Waals surface area contributed by atoms with Crippen LogP contribution in [0.25, 0.3) is 11.0 Å². The fraction of sp³-hybridized carbons (Fsp3) is 0.471. The number of ether oxygens (including phenoxy) is 1. The molecule has 126 valence electrons. The van der Waals surface area contributed by atoms with Crippen molar-refractivity contribution in [3.63, 3.8) is 0 Å². The van der Waals surface area contributed by atoms with Crippen LogP contribution in [0.2, 0.25) is 0 Å². The Morgan fingerprint density at radius 1 is 1.42 bits per heavy atom. The van der Waals surface area contributed by atoms with Crippen molar-refractivity contribution in [1.29, 1.82) is 5.26 Å². The maximum atomic E-state index is 11.8. The summed E-state index contributed by atoms with van der Waals surface area (Å²) in [6.45, 7) is 3.79. The normalized spacial score (nSPS) is 15.2. The lowest BCUT2D eigenvalue weighted by atomic mass is 10.1. The lowest BCUT2D eigenvalue weighted by Gasteiger charge is -2.31. The zero-order valence-electron chi connectivity index (χ0n) is 13.7. The highest BCUT2D eigenvalue weighted by molar-refractivity contribution is 5.78. The van der Waals surface area contributed by atoms with E-state index < -0.39 is 0 Å². The molecule has 7 nitrogen and oxygen atoms in total. The van der Waals surface area contributed by atoms with E-state index in [0.29, 0.717) is 25.6 Å². The SMILES string of the molecule is CCOC(=O)N1CCC(Nc2nc3ccccc3n2CC#N)CC1. The molecule has 0 saturated carbocycles. The zero-order valence-corrected chi connectivity index (χ0v) is 13.7. The number of nitrogens with one attached hydrogen (secondary N) is 1. The number of hydrogen-bond acceptors (Lipinski definition) is 5. The predicted octanol–water partition coefficient (Wildman–Crippen LogP) is 2.59. The Kier molecular flexibility index (Phi) is 4.85. The van der Waals surface area contributed by atoms with E-state index >= 15 is 0 Å². The van der Waals surface area contributed by atoms with Gasteiger partial charge in [-0.25, -0.2) is 9.78 Å². The van der Waals surface area contributed by atoms with Gasteiger partial charge >= 0.3 is 6.09 Å². The number of carbonyl (C=O) groups is 1. The maximum Gasteiger partial charge on any atom is 0.409 e. The molecule has 1 aromatic carbocycles. The van der Waals surface area contributed by atoms with Gasteiger partial charge in [-0.2, -0.15) is 5.26 Å². The summed E-state index contributed by atoms with van der Waals surface area (Å²) in [4.78, 5) is 18.1. The van der Waals surface area contributed by atoms with Crippen LogP contribution < -0.4 is 5.32 Å². The Bertz CT molecular complexity index is 756. The van der Waals surface area contributed by atoms with Gasteiger partial charge in [-0.15, -0.1) is 0 Å². The molecule has 0 atom stereocenters. The number of amides is 1. The van der Waals surface area contributed by atoms with Gasteiger partial charge in [0.25, 0.3) is 0 Å². The largest absolute Gasteiger partial charge is 0.450 e. The molecule has 0 aliphatic carbocycles. The minimum atomic E-state index is -0.243. The zero-order chi connectivity index (χ0) is 16.9. The number of rotatable bonds is 4. The monoisotopic (exact) mass is 327 g/mol. The van der Waals surface area contributed by atoms with Crippen LogP contribution in [0.1, 0.15) is 19.8 Å². The number of hydrogen-bond donors (Lipinski definition) is 1. The fourth-order valence-electron chi connectivity index (χ4n) is 3.02. The summed E-state index contributed by atoms with van der Waals surface area (Å²) in [6, 6.07) is 10.2. The molecule has 24 heavy (non-hydrogen) atoms. The number of benzene rings is 1. The number of para-hydroxylation sites is 2. The Labute approximate surface area is 140 Å². The molecule has 0 spiro atoms. The second kappa shape index (κ2) is 7.21. The van der Waals surface area contributed by atoms with Gasteiger partial charge in [0.15, 0.2) is 0 Å². The predicted molar refractivity (Wildman–Crippen MR) is 90.6 cm³/mol. The van der Waals surface area contributed by atoms with Gasteiger partial charge in [-0.1, -0.05) is 12.1 Å².